The smallest absolute Gasteiger partial charge is 0.133 e. The molecule has 0 radical (unpaired) electrons. The highest BCUT2D eigenvalue weighted by Crippen LogP contribution is 2.37. The molecule has 0 saturated carbocycles. The van der Waals surface area contributed by atoms with Crippen LogP contribution in [0.2, 0.25) is 5.15 Å². The zero-order valence-electron chi connectivity index (χ0n) is 11.2. The van der Waals surface area contributed by atoms with Crippen LogP contribution in [0.25, 0.3) is 11.0 Å². The fourth-order valence-corrected chi connectivity index (χ4v) is 3.40. The van der Waals surface area contributed by atoms with Crippen molar-refractivity contribution < 1.29 is 0 Å². The number of aromatic nitrogens is 2. The Morgan fingerprint density at radius 1 is 1.44 bits per heavy atom. The molecule has 0 aliphatic heterocycles. The summed E-state index contributed by atoms with van der Waals surface area (Å²) in [6.07, 6.45) is 3.67. The zero-order valence-corrected chi connectivity index (χ0v) is 11.9. The van der Waals surface area contributed by atoms with Crippen molar-refractivity contribution in [1.82, 2.24) is 9.97 Å². The molecule has 0 spiro atoms. The van der Waals surface area contributed by atoms with Crippen LogP contribution < -0.4 is 0 Å². The first kappa shape index (κ1) is 12.0. The van der Waals surface area contributed by atoms with Crippen LogP contribution in [0.3, 0.4) is 0 Å². The Balaban J connectivity index is 2.26. The van der Waals surface area contributed by atoms with Crippen LogP contribution in [0, 0.1) is 0 Å². The predicted molar refractivity (Wildman–Crippen MR) is 76.5 cm³/mol. The molecule has 2 aromatic heterocycles. The van der Waals surface area contributed by atoms with Crippen molar-refractivity contribution in [3.05, 3.63) is 28.0 Å². The first-order chi connectivity index (χ1) is 8.58. The van der Waals surface area contributed by atoms with Gasteiger partial charge in [-0.1, -0.05) is 32.4 Å². The third-order valence-electron chi connectivity index (χ3n) is 4.05. The predicted octanol–water partition coefficient (Wildman–Crippen LogP) is 4.78. The average molecular weight is 263 g/mol. The number of H-pyrrole nitrogens is 1. The van der Waals surface area contributed by atoms with Crippen LogP contribution in [0.15, 0.2) is 6.07 Å². The molecule has 3 rings (SSSR count). The lowest BCUT2D eigenvalue weighted by atomic mass is 9.88. The van der Waals surface area contributed by atoms with Crippen LogP contribution >= 0.6 is 11.6 Å². The van der Waals surface area contributed by atoms with Gasteiger partial charge in [0.05, 0.1) is 11.0 Å². The molecule has 3 heteroatoms. The Labute approximate surface area is 113 Å². The van der Waals surface area contributed by atoms with E-state index in [0.717, 1.165) is 23.0 Å². The van der Waals surface area contributed by atoms with Crippen molar-refractivity contribution in [2.24, 2.45) is 0 Å². The molecule has 96 valence electrons. The number of aryl methyl sites for hydroxylation is 1. The maximum Gasteiger partial charge on any atom is 0.133 e. The second-order valence-electron chi connectivity index (χ2n) is 5.73. The Kier molecular flexibility index (Phi) is 2.86. The van der Waals surface area contributed by atoms with Gasteiger partial charge >= 0.3 is 0 Å². The number of fused-ring (bicyclic) bond motifs is 3. The minimum atomic E-state index is 0.409. The normalized spacial score (nSPS) is 19.5. The highest BCUT2D eigenvalue weighted by atomic mass is 35.5. The summed E-state index contributed by atoms with van der Waals surface area (Å²) in [5, 5.41) is 0.664. The summed E-state index contributed by atoms with van der Waals surface area (Å²) < 4.78 is 0. The summed E-state index contributed by atoms with van der Waals surface area (Å²) in [7, 11) is 0. The SMILES string of the molecule is CC(C)c1cc2[nH]c3c(c2nc1Cl)C(C)CCC3. The van der Waals surface area contributed by atoms with Gasteiger partial charge in [-0.25, -0.2) is 4.98 Å². The fourth-order valence-electron chi connectivity index (χ4n) is 3.04. The van der Waals surface area contributed by atoms with Crippen molar-refractivity contribution in [3.63, 3.8) is 0 Å². The molecule has 0 saturated heterocycles. The van der Waals surface area contributed by atoms with E-state index in [1.165, 1.54) is 24.1 Å². The van der Waals surface area contributed by atoms with Crippen molar-refractivity contribution >= 4 is 22.6 Å². The van der Waals surface area contributed by atoms with Gasteiger partial charge in [-0.2, -0.15) is 0 Å². The van der Waals surface area contributed by atoms with E-state index < -0.39 is 0 Å². The van der Waals surface area contributed by atoms with E-state index in [4.69, 9.17) is 11.6 Å². The molecule has 2 nitrogen and oxygen atoms in total. The molecule has 18 heavy (non-hydrogen) atoms. The minimum Gasteiger partial charge on any atom is -0.357 e. The van der Waals surface area contributed by atoms with Crippen molar-refractivity contribution in [3.8, 4) is 0 Å². The van der Waals surface area contributed by atoms with E-state index in [1.807, 2.05) is 0 Å². The van der Waals surface area contributed by atoms with Crippen LogP contribution in [-0.2, 0) is 6.42 Å². The van der Waals surface area contributed by atoms with Crippen LogP contribution in [0.4, 0.5) is 0 Å². The third-order valence-corrected chi connectivity index (χ3v) is 4.35. The molecule has 0 fully saturated rings. The topological polar surface area (TPSA) is 28.7 Å². The lowest BCUT2D eigenvalue weighted by molar-refractivity contribution is 0.588. The van der Waals surface area contributed by atoms with Crippen LogP contribution in [0.5, 0.6) is 0 Å². The Morgan fingerprint density at radius 2 is 2.22 bits per heavy atom. The number of nitrogens with zero attached hydrogens (tertiary/aromatic N) is 1. The molecule has 1 aliphatic rings. The second-order valence-corrected chi connectivity index (χ2v) is 6.09. The minimum absolute atomic E-state index is 0.409. The lowest BCUT2D eigenvalue weighted by Gasteiger charge is -2.18. The maximum absolute atomic E-state index is 6.32. The largest absolute Gasteiger partial charge is 0.357 e. The van der Waals surface area contributed by atoms with E-state index >= 15 is 0 Å². The molecule has 0 aromatic carbocycles. The van der Waals surface area contributed by atoms with Crippen molar-refractivity contribution in [2.45, 2.75) is 51.9 Å². The van der Waals surface area contributed by atoms with E-state index in [9.17, 15) is 0 Å². The first-order valence-corrected chi connectivity index (χ1v) is 7.16. The zero-order chi connectivity index (χ0) is 12.9. The Bertz CT molecular complexity index is 598. The summed E-state index contributed by atoms with van der Waals surface area (Å²) >= 11 is 6.32. The lowest BCUT2D eigenvalue weighted by Crippen LogP contribution is -2.05. The summed E-state index contributed by atoms with van der Waals surface area (Å²) in [6.45, 7) is 6.59. The summed E-state index contributed by atoms with van der Waals surface area (Å²) in [5.41, 5.74) is 6.14. The molecule has 0 amide bonds. The average Bonchev–Trinajstić information content (AvgIpc) is 2.66. The highest BCUT2D eigenvalue weighted by molar-refractivity contribution is 6.30. The molecule has 2 heterocycles. The van der Waals surface area contributed by atoms with Gasteiger partial charge in [0, 0.05) is 11.3 Å². The number of nitrogens with one attached hydrogen (secondary N) is 1. The Morgan fingerprint density at radius 3 is 2.94 bits per heavy atom. The van der Waals surface area contributed by atoms with Gasteiger partial charge < -0.3 is 4.98 Å². The van der Waals surface area contributed by atoms with E-state index in [0.29, 0.717) is 17.0 Å². The van der Waals surface area contributed by atoms with E-state index in [-0.39, 0.29) is 0 Å². The van der Waals surface area contributed by atoms with Crippen molar-refractivity contribution in [2.75, 3.05) is 0 Å². The molecule has 1 aliphatic carbocycles. The second kappa shape index (κ2) is 4.27. The van der Waals surface area contributed by atoms with E-state index in [2.05, 4.69) is 36.8 Å². The van der Waals surface area contributed by atoms with Gasteiger partial charge in [-0.3, -0.25) is 0 Å². The molecule has 1 N–H and O–H groups in total. The van der Waals surface area contributed by atoms with Crippen LogP contribution in [0.1, 0.15) is 62.3 Å². The number of hydrogen-bond donors (Lipinski definition) is 1. The van der Waals surface area contributed by atoms with E-state index in [1.54, 1.807) is 0 Å². The molecule has 0 bridgehead atoms. The van der Waals surface area contributed by atoms with Crippen molar-refractivity contribution in [1.29, 1.82) is 0 Å². The molecular weight excluding hydrogens is 244 g/mol. The highest BCUT2D eigenvalue weighted by Gasteiger charge is 2.23. The first-order valence-electron chi connectivity index (χ1n) is 6.78. The quantitative estimate of drug-likeness (QED) is 0.736. The number of rotatable bonds is 1. The van der Waals surface area contributed by atoms with Gasteiger partial charge in [-0.15, -0.1) is 0 Å². The van der Waals surface area contributed by atoms with Crippen LogP contribution in [-0.4, -0.2) is 9.97 Å². The number of aromatic amines is 1. The number of pyridine rings is 1. The molecule has 1 unspecified atom stereocenters. The fraction of sp³-hybridized carbons (Fsp3) is 0.533. The number of hydrogen-bond acceptors (Lipinski definition) is 1. The molecule has 1 atom stereocenters. The molecular formula is C15H19ClN2. The number of halogens is 1. The Hall–Kier alpha value is -1.02. The summed E-state index contributed by atoms with van der Waals surface area (Å²) in [4.78, 5) is 8.20. The van der Waals surface area contributed by atoms with Gasteiger partial charge in [0.25, 0.3) is 0 Å². The third kappa shape index (κ3) is 1.74. The van der Waals surface area contributed by atoms with Gasteiger partial charge in [0.15, 0.2) is 0 Å². The summed E-state index contributed by atoms with van der Waals surface area (Å²) in [5.74, 6) is 1.00. The van der Waals surface area contributed by atoms with Gasteiger partial charge in [-0.05, 0) is 42.7 Å². The van der Waals surface area contributed by atoms with Gasteiger partial charge in [0.1, 0.15) is 5.15 Å². The molecule has 2 aromatic rings. The monoisotopic (exact) mass is 262 g/mol. The maximum atomic E-state index is 6.32. The standard InChI is InChI=1S/C15H19ClN2/c1-8(2)10-7-12-14(18-15(10)16)13-9(3)5-4-6-11(13)17-12/h7-9,17H,4-6H2,1-3H3. The summed E-state index contributed by atoms with van der Waals surface area (Å²) in [6, 6.07) is 2.18. The van der Waals surface area contributed by atoms with Gasteiger partial charge in [0.2, 0.25) is 0 Å².